The highest BCUT2D eigenvalue weighted by molar-refractivity contribution is 6.30. The standard InChI is InChI=1S/C16H19ClN2O2/c1-11-15(20)19-9-2-3-14(19)16(21)18(11)10-8-12-4-6-13(17)7-5-12/h4-7,11,14H,2-3,8-10H2,1H3. The van der Waals surface area contributed by atoms with Gasteiger partial charge < -0.3 is 9.80 Å². The third-order valence-corrected chi connectivity index (χ3v) is 4.74. The summed E-state index contributed by atoms with van der Waals surface area (Å²) in [6, 6.07) is 7.05. The van der Waals surface area contributed by atoms with Gasteiger partial charge in [-0.2, -0.15) is 0 Å². The molecule has 21 heavy (non-hydrogen) atoms. The molecule has 0 radical (unpaired) electrons. The van der Waals surface area contributed by atoms with Crippen LogP contribution in [0, 0.1) is 0 Å². The molecule has 5 heteroatoms. The summed E-state index contributed by atoms with van der Waals surface area (Å²) in [6.07, 6.45) is 2.47. The van der Waals surface area contributed by atoms with Crippen LogP contribution in [0.2, 0.25) is 5.02 Å². The van der Waals surface area contributed by atoms with Gasteiger partial charge in [-0.25, -0.2) is 0 Å². The molecule has 0 bridgehead atoms. The van der Waals surface area contributed by atoms with E-state index in [1.54, 1.807) is 9.80 Å². The molecule has 1 aromatic carbocycles. The SMILES string of the molecule is CC1C(=O)N2CCCC2C(=O)N1CCc1ccc(Cl)cc1. The van der Waals surface area contributed by atoms with Crippen molar-refractivity contribution in [3.05, 3.63) is 34.9 Å². The molecule has 3 rings (SSSR count). The molecule has 2 saturated heterocycles. The molecule has 2 aliphatic heterocycles. The molecule has 0 spiro atoms. The van der Waals surface area contributed by atoms with Crippen LogP contribution in [-0.4, -0.2) is 46.8 Å². The Hall–Kier alpha value is -1.55. The number of hydrogen-bond acceptors (Lipinski definition) is 2. The Morgan fingerprint density at radius 1 is 1.19 bits per heavy atom. The molecule has 0 saturated carbocycles. The second kappa shape index (κ2) is 5.68. The van der Waals surface area contributed by atoms with Crippen molar-refractivity contribution in [3.8, 4) is 0 Å². The molecular weight excluding hydrogens is 288 g/mol. The van der Waals surface area contributed by atoms with Crippen LogP contribution < -0.4 is 0 Å². The van der Waals surface area contributed by atoms with E-state index >= 15 is 0 Å². The molecule has 112 valence electrons. The Morgan fingerprint density at radius 2 is 1.90 bits per heavy atom. The van der Waals surface area contributed by atoms with E-state index in [1.165, 1.54) is 0 Å². The van der Waals surface area contributed by atoms with Gasteiger partial charge in [-0.05, 0) is 43.9 Å². The van der Waals surface area contributed by atoms with Crippen molar-refractivity contribution in [2.75, 3.05) is 13.1 Å². The van der Waals surface area contributed by atoms with Gasteiger partial charge in [-0.1, -0.05) is 23.7 Å². The van der Waals surface area contributed by atoms with Gasteiger partial charge in [-0.3, -0.25) is 9.59 Å². The average Bonchev–Trinajstić information content (AvgIpc) is 2.96. The average molecular weight is 307 g/mol. The third kappa shape index (κ3) is 2.64. The van der Waals surface area contributed by atoms with E-state index in [1.807, 2.05) is 31.2 Å². The summed E-state index contributed by atoms with van der Waals surface area (Å²) in [5.41, 5.74) is 1.13. The van der Waals surface area contributed by atoms with Crippen LogP contribution in [0.1, 0.15) is 25.3 Å². The van der Waals surface area contributed by atoms with Crippen molar-refractivity contribution in [2.45, 2.75) is 38.3 Å². The Morgan fingerprint density at radius 3 is 2.62 bits per heavy atom. The van der Waals surface area contributed by atoms with Gasteiger partial charge in [-0.15, -0.1) is 0 Å². The number of benzene rings is 1. The minimum atomic E-state index is -0.348. The lowest BCUT2D eigenvalue weighted by atomic mass is 10.0. The first-order valence-electron chi connectivity index (χ1n) is 7.43. The molecule has 0 N–H and O–H groups in total. The Balaban J connectivity index is 1.70. The normalized spacial score (nSPS) is 25.4. The van der Waals surface area contributed by atoms with Gasteiger partial charge in [0.1, 0.15) is 12.1 Å². The lowest BCUT2D eigenvalue weighted by molar-refractivity contribution is -0.158. The summed E-state index contributed by atoms with van der Waals surface area (Å²) in [5.74, 6) is 0.196. The van der Waals surface area contributed by atoms with Crippen LogP contribution in [-0.2, 0) is 16.0 Å². The van der Waals surface area contributed by atoms with Crippen LogP contribution >= 0.6 is 11.6 Å². The summed E-state index contributed by atoms with van der Waals surface area (Å²) in [5, 5.41) is 0.706. The largest absolute Gasteiger partial charge is 0.329 e. The number of piperazine rings is 1. The molecular formula is C16H19ClN2O2. The van der Waals surface area contributed by atoms with Crippen LogP contribution in [0.15, 0.2) is 24.3 Å². The number of nitrogens with zero attached hydrogens (tertiary/aromatic N) is 2. The van der Waals surface area contributed by atoms with E-state index in [2.05, 4.69) is 0 Å². The van der Waals surface area contributed by atoms with E-state index in [-0.39, 0.29) is 23.9 Å². The molecule has 1 aromatic rings. The van der Waals surface area contributed by atoms with Crippen LogP contribution in [0.5, 0.6) is 0 Å². The summed E-state index contributed by atoms with van der Waals surface area (Å²) >= 11 is 5.87. The topological polar surface area (TPSA) is 40.6 Å². The highest BCUT2D eigenvalue weighted by Gasteiger charge is 2.45. The Kier molecular flexibility index (Phi) is 3.89. The third-order valence-electron chi connectivity index (χ3n) is 4.48. The molecule has 2 fully saturated rings. The predicted molar refractivity (Wildman–Crippen MR) is 81.1 cm³/mol. The number of carbonyl (C=O) groups is 2. The monoisotopic (exact) mass is 306 g/mol. The number of fused-ring (bicyclic) bond motifs is 1. The zero-order chi connectivity index (χ0) is 15.0. The van der Waals surface area contributed by atoms with E-state index in [0.29, 0.717) is 11.6 Å². The minimum Gasteiger partial charge on any atom is -0.329 e. The Labute approximate surface area is 129 Å². The fourth-order valence-electron chi connectivity index (χ4n) is 3.25. The second-order valence-corrected chi connectivity index (χ2v) is 6.21. The fourth-order valence-corrected chi connectivity index (χ4v) is 3.37. The van der Waals surface area contributed by atoms with Crippen molar-refractivity contribution in [3.63, 3.8) is 0 Å². The highest BCUT2D eigenvalue weighted by atomic mass is 35.5. The van der Waals surface area contributed by atoms with Crippen molar-refractivity contribution < 1.29 is 9.59 Å². The van der Waals surface area contributed by atoms with Crippen molar-refractivity contribution in [1.82, 2.24) is 9.80 Å². The number of hydrogen-bond donors (Lipinski definition) is 0. The van der Waals surface area contributed by atoms with Gasteiger partial charge in [0.05, 0.1) is 0 Å². The molecule has 0 aliphatic carbocycles. The number of carbonyl (C=O) groups excluding carboxylic acids is 2. The van der Waals surface area contributed by atoms with Gasteiger partial charge in [0.2, 0.25) is 11.8 Å². The van der Waals surface area contributed by atoms with E-state index in [4.69, 9.17) is 11.6 Å². The van der Waals surface area contributed by atoms with Crippen molar-refractivity contribution in [1.29, 1.82) is 0 Å². The van der Waals surface area contributed by atoms with Gasteiger partial charge in [0.25, 0.3) is 0 Å². The molecule has 0 aromatic heterocycles. The molecule has 2 amide bonds. The quantitative estimate of drug-likeness (QED) is 0.858. The number of amides is 2. The number of rotatable bonds is 3. The second-order valence-electron chi connectivity index (χ2n) is 5.77. The fraction of sp³-hybridized carbons (Fsp3) is 0.500. The first kappa shape index (κ1) is 14.4. The molecule has 4 nitrogen and oxygen atoms in total. The maximum atomic E-state index is 12.5. The number of halogens is 1. The highest BCUT2D eigenvalue weighted by Crippen LogP contribution is 2.27. The summed E-state index contributed by atoms with van der Waals surface area (Å²) < 4.78 is 0. The van der Waals surface area contributed by atoms with E-state index in [0.717, 1.165) is 31.4 Å². The van der Waals surface area contributed by atoms with Crippen LogP contribution in [0.3, 0.4) is 0 Å². The Bertz CT molecular complexity index is 558. The molecule has 2 heterocycles. The van der Waals surface area contributed by atoms with Gasteiger partial charge in [0, 0.05) is 18.1 Å². The van der Waals surface area contributed by atoms with Gasteiger partial charge in [0.15, 0.2) is 0 Å². The maximum absolute atomic E-state index is 12.5. The van der Waals surface area contributed by atoms with Crippen LogP contribution in [0.25, 0.3) is 0 Å². The first-order valence-corrected chi connectivity index (χ1v) is 7.81. The minimum absolute atomic E-state index is 0.0909. The predicted octanol–water partition coefficient (Wildman–Crippen LogP) is 2.10. The zero-order valence-corrected chi connectivity index (χ0v) is 12.8. The summed E-state index contributed by atoms with van der Waals surface area (Å²) in [4.78, 5) is 28.4. The first-order chi connectivity index (χ1) is 10.1. The summed E-state index contributed by atoms with van der Waals surface area (Å²) in [6.45, 7) is 3.14. The molecule has 2 aliphatic rings. The molecule has 2 unspecified atom stereocenters. The van der Waals surface area contributed by atoms with Crippen LogP contribution in [0.4, 0.5) is 0 Å². The summed E-state index contributed by atoms with van der Waals surface area (Å²) in [7, 11) is 0. The van der Waals surface area contributed by atoms with E-state index < -0.39 is 0 Å². The lowest BCUT2D eigenvalue weighted by Gasteiger charge is -2.41. The smallest absolute Gasteiger partial charge is 0.246 e. The lowest BCUT2D eigenvalue weighted by Crippen LogP contribution is -2.62. The van der Waals surface area contributed by atoms with Gasteiger partial charge >= 0.3 is 0 Å². The van der Waals surface area contributed by atoms with Crippen molar-refractivity contribution >= 4 is 23.4 Å². The zero-order valence-electron chi connectivity index (χ0n) is 12.1. The van der Waals surface area contributed by atoms with E-state index in [9.17, 15) is 9.59 Å². The van der Waals surface area contributed by atoms with Crippen molar-refractivity contribution in [2.24, 2.45) is 0 Å². The molecule has 2 atom stereocenters. The maximum Gasteiger partial charge on any atom is 0.246 e.